The molecule has 0 N–H and O–H groups in total. The van der Waals surface area contributed by atoms with Crippen molar-refractivity contribution in [2.24, 2.45) is 0 Å². The van der Waals surface area contributed by atoms with Gasteiger partial charge in [-0.05, 0) is 18.6 Å². The number of pyridine rings is 1. The fourth-order valence-electron chi connectivity index (χ4n) is 1.30. The van der Waals surface area contributed by atoms with E-state index in [2.05, 4.69) is 10.1 Å². The summed E-state index contributed by atoms with van der Waals surface area (Å²) in [6, 6.07) is 3.56. The third-order valence-corrected chi connectivity index (χ3v) is 2.17. The Morgan fingerprint density at radius 2 is 2.29 bits per heavy atom. The molecule has 0 aliphatic rings. The van der Waals surface area contributed by atoms with Crippen LogP contribution in [0.25, 0.3) is 11.0 Å². The second kappa shape index (κ2) is 3.92. The lowest BCUT2D eigenvalue weighted by molar-refractivity contribution is 0.438. The zero-order valence-electron chi connectivity index (χ0n) is 7.45. The molecule has 2 heterocycles. The Labute approximate surface area is 85.5 Å². The van der Waals surface area contributed by atoms with Gasteiger partial charge in [0.2, 0.25) is 0 Å². The van der Waals surface area contributed by atoms with Crippen molar-refractivity contribution in [3.8, 4) is 0 Å². The van der Waals surface area contributed by atoms with Crippen molar-refractivity contribution >= 4 is 22.6 Å². The number of hydrogen-bond donors (Lipinski definition) is 0. The lowest BCUT2D eigenvalue weighted by atomic mass is 10.3. The van der Waals surface area contributed by atoms with Gasteiger partial charge in [0.15, 0.2) is 5.65 Å². The summed E-state index contributed by atoms with van der Waals surface area (Å²) in [6.45, 7) is 0.190. The monoisotopic (exact) mass is 213 g/mol. The summed E-state index contributed by atoms with van der Waals surface area (Å²) in [4.78, 5) is 4.13. The summed E-state index contributed by atoms with van der Waals surface area (Å²) in [6.07, 6.45) is 2.15. The van der Waals surface area contributed by atoms with Gasteiger partial charge in [0.25, 0.3) is 0 Å². The van der Waals surface area contributed by atoms with Crippen molar-refractivity contribution in [1.29, 1.82) is 0 Å². The van der Waals surface area contributed by atoms with Gasteiger partial charge < -0.3 is 0 Å². The molecule has 0 unspecified atom stereocenters. The Kier molecular flexibility index (Phi) is 2.63. The predicted octanol–water partition coefficient (Wildman–Crippen LogP) is 2.44. The lowest BCUT2D eigenvalue weighted by Crippen LogP contribution is -2.01. The molecular formula is C9H9ClFN3. The summed E-state index contributed by atoms with van der Waals surface area (Å²) in [5.74, 6) is 0. The van der Waals surface area contributed by atoms with Gasteiger partial charge in [-0.2, -0.15) is 5.10 Å². The number of rotatable bonds is 3. The van der Waals surface area contributed by atoms with E-state index >= 15 is 0 Å². The fourth-order valence-corrected chi connectivity index (χ4v) is 1.45. The van der Waals surface area contributed by atoms with Gasteiger partial charge in [-0.15, -0.1) is 0 Å². The van der Waals surface area contributed by atoms with Gasteiger partial charge in [0, 0.05) is 11.9 Å². The first-order valence-corrected chi connectivity index (χ1v) is 4.73. The van der Waals surface area contributed by atoms with Gasteiger partial charge in [0.1, 0.15) is 5.15 Å². The second-order valence-corrected chi connectivity index (χ2v) is 3.34. The lowest BCUT2D eigenvalue weighted by Gasteiger charge is -1.99. The van der Waals surface area contributed by atoms with Crippen LogP contribution in [0.2, 0.25) is 5.15 Å². The standard InChI is InChI=1S/C9H9ClFN3/c10-8-3-2-7-6-12-14(5-1-4-11)9(7)13-8/h2-3,6H,1,4-5H2. The predicted molar refractivity (Wildman–Crippen MR) is 53.1 cm³/mol. The largest absolute Gasteiger partial charge is 0.251 e. The number of alkyl halides is 1. The highest BCUT2D eigenvalue weighted by Gasteiger charge is 2.03. The summed E-state index contributed by atoms with van der Waals surface area (Å²) in [5, 5.41) is 5.46. The highest BCUT2D eigenvalue weighted by atomic mass is 35.5. The van der Waals surface area contributed by atoms with E-state index in [4.69, 9.17) is 11.6 Å². The maximum Gasteiger partial charge on any atom is 0.159 e. The number of fused-ring (bicyclic) bond motifs is 1. The van der Waals surface area contributed by atoms with Crippen molar-refractivity contribution in [3.63, 3.8) is 0 Å². The molecule has 0 aliphatic carbocycles. The van der Waals surface area contributed by atoms with E-state index in [0.717, 1.165) is 5.39 Å². The molecule has 2 rings (SSSR count). The summed E-state index contributed by atoms with van der Waals surface area (Å²) in [7, 11) is 0. The van der Waals surface area contributed by atoms with Crippen molar-refractivity contribution in [1.82, 2.24) is 14.8 Å². The van der Waals surface area contributed by atoms with Gasteiger partial charge in [-0.3, -0.25) is 4.39 Å². The molecule has 0 spiro atoms. The molecule has 2 aromatic rings. The zero-order valence-corrected chi connectivity index (χ0v) is 8.21. The van der Waals surface area contributed by atoms with E-state index < -0.39 is 0 Å². The Bertz CT molecular complexity index is 441. The van der Waals surface area contributed by atoms with Crippen molar-refractivity contribution in [2.45, 2.75) is 13.0 Å². The molecule has 0 aromatic carbocycles. The molecule has 5 heteroatoms. The molecule has 0 bridgehead atoms. The SMILES string of the molecule is FCCCn1ncc2ccc(Cl)nc21. The van der Waals surface area contributed by atoms with Crippen LogP contribution in [0.1, 0.15) is 6.42 Å². The van der Waals surface area contributed by atoms with Crippen LogP contribution in [0.5, 0.6) is 0 Å². The van der Waals surface area contributed by atoms with E-state index in [1.807, 2.05) is 6.07 Å². The maximum absolute atomic E-state index is 12.0. The van der Waals surface area contributed by atoms with E-state index in [0.29, 0.717) is 23.8 Å². The first-order chi connectivity index (χ1) is 6.81. The van der Waals surface area contributed by atoms with Gasteiger partial charge in [-0.1, -0.05) is 11.6 Å². The molecule has 0 atom stereocenters. The number of hydrogen-bond acceptors (Lipinski definition) is 2. The van der Waals surface area contributed by atoms with Crippen molar-refractivity contribution < 1.29 is 4.39 Å². The van der Waals surface area contributed by atoms with Gasteiger partial charge in [-0.25, -0.2) is 9.67 Å². The third kappa shape index (κ3) is 1.70. The molecule has 0 aliphatic heterocycles. The minimum atomic E-state index is -0.345. The van der Waals surface area contributed by atoms with Crippen LogP contribution in [0.4, 0.5) is 4.39 Å². The minimum absolute atomic E-state index is 0.345. The molecule has 14 heavy (non-hydrogen) atoms. The second-order valence-electron chi connectivity index (χ2n) is 2.96. The van der Waals surface area contributed by atoms with Crippen LogP contribution in [-0.4, -0.2) is 21.4 Å². The van der Waals surface area contributed by atoms with E-state index in [9.17, 15) is 4.39 Å². The fraction of sp³-hybridized carbons (Fsp3) is 0.333. The third-order valence-electron chi connectivity index (χ3n) is 1.96. The Balaban J connectivity index is 2.40. The molecule has 0 saturated heterocycles. The van der Waals surface area contributed by atoms with Crippen molar-refractivity contribution in [2.75, 3.05) is 6.67 Å². The molecular weight excluding hydrogens is 205 g/mol. The topological polar surface area (TPSA) is 30.7 Å². The summed E-state index contributed by atoms with van der Waals surface area (Å²) < 4.78 is 13.6. The normalized spacial score (nSPS) is 11.0. The highest BCUT2D eigenvalue weighted by molar-refractivity contribution is 6.29. The number of halogens is 2. The van der Waals surface area contributed by atoms with Crippen LogP contribution in [0, 0.1) is 0 Å². The highest BCUT2D eigenvalue weighted by Crippen LogP contribution is 2.14. The molecule has 3 nitrogen and oxygen atoms in total. The molecule has 0 fully saturated rings. The minimum Gasteiger partial charge on any atom is -0.251 e. The van der Waals surface area contributed by atoms with Crippen molar-refractivity contribution in [3.05, 3.63) is 23.5 Å². The first-order valence-electron chi connectivity index (χ1n) is 4.35. The quantitative estimate of drug-likeness (QED) is 0.734. The molecule has 0 saturated carbocycles. The van der Waals surface area contributed by atoms with Crippen LogP contribution in [0.3, 0.4) is 0 Å². The summed E-state index contributed by atoms with van der Waals surface area (Å²) >= 11 is 5.76. The van der Waals surface area contributed by atoms with Crippen LogP contribution >= 0.6 is 11.6 Å². The number of aryl methyl sites for hydroxylation is 1. The molecule has 2 aromatic heterocycles. The van der Waals surface area contributed by atoms with Crippen LogP contribution in [0.15, 0.2) is 18.3 Å². The zero-order chi connectivity index (χ0) is 9.97. The molecule has 0 amide bonds. The van der Waals surface area contributed by atoms with E-state index in [1.165, 1.54) is 0 Å². The molecule has 74 valence electrons. The average molecular weight is 214 g/mol. The number of aromatic nitrogens is 3. The van der Waals surface area contributed by atoms with E-state index in [-0.39, 0.29) is 6.67 Å². The Morgan fingerprint density at radius 1 is 1.43 bits per heavy atom. The maximum atomic E-state index is 12.0. The van der Waals surface area contributed by atoms with Crippen LogP contribution < -0.4 is 0 Å². The summed E-state index contributed by atoms with van der Waals surface area (Å²) in [5.41, 5.74) is 0.714. The number of nitrogens with zero attached hydrogens (tertiary/aromatic N) is 3. The molecule has 0 radical (unpaired) electrons. The van der Waals surface area contributed by atoms with Gasteiger partial charge in [0.05, 0.1) is 12.9 Å². The first kappa shape index (κ1) is 9.40. The smallest absolute Gasteiger partial charge is 0.159 e. The Hall–Kier alpha value is -1.16. The average Bonchev–Trinajstić information content (AvgIpc) is 2.57. The van der Waals surface area contributed by atoms with Gasteiger partial charge >= 0.3 is 0 Å². The van der Waals surface area contributed by atoms with E-state index in [1.54, 1.807) is 16.9 Å². The Morgan fingerprint density at radius 3 is 3.07 bits per heavy atom. The van der Waals surface area contributed by atoms with Crippen LogP contribution in [-0.2, 0) is 6.54 Å².